The smallest absolute Gasteiger partial charge is 0.320 e. The number of benzene rings is 1. The van der Waals surface area contributed by atoms with Gasteiger partial charge in [0.1, 0.15) is 6.04 Å². The molecule has 108 valence electrons. The van der Waals surface area contributed by atoms with Gasteiger partial charge >= 0.3 is 5.97 Å². The molecule has 0 bridgehead atoms. The highest BCUT2D eigenvalue weighted by Gasteiger charge is 2.31. The standard InChI is InChI=1S/C15H20N2O3/c1-10-5-3-6-12(11(10)2)16-14(18)9-17-8-4-7-13(17)15(19)20/h3,5-6,13H,4,7-9H2,1-2H3,(H,16,18)(H,19,20). The van der Waals surface area contributed by atoms with Crippen molar-refractivity contribution in [2.24, 2.45) is 0 Å². The fourth-order valence-corrected chi connectivity index (χ4v) is 2.56. The Morgan fingerprint density at radius 3 is 2.85 bits per heavy atom. The number of amides is 1. The van der Waals surface area contributed by atoms with E-state index in [0.29, 0.717) is 13.0 Å². The summed E-state index contributed by atoms with van der Waals surface area (Å²) in [6.07, 6.45) is 1.44. The van der Waals surface area contributed by atoms with E-state index in [-0.39, 0.29) is 12.5 Å². The van der Waals surface area contributed by atoms with Gasteiger partial charge in [0.15, 0.2) is 0 Å². The molecule has 1 aromatic carbocycles. The van der Waals surface area contributed by atoms with Gasteiger partial charge in [-0.2, -0.15) is 0 Å². The van der Waals surface area contributed by atoms with Crippen LogP contribution in [0.3, 0.4) is 0 Å². The third-order valence-corrected chi connectivity index (χ3v) is 3.87. The Morgan fingerprint density at radius 1 is 1.40 bits per heavy atom. The number of hydrogen-bond donors (Lipinski definition) is 2. The molecule has 0 saturated carbocycles. The number of likely N-dealkylation sites (tertiary alicyclic amines) is 1. The molecule has 1 atom stereocenters. The van der Waals surface area contributed by atoms with Crippen LogP contribution in [0.4, 0.5) is 5.69 Å². The van der Waals surface area contributed by atoms with E-state index in [0.717, 1.165) is 23.2 Å². The Kier molecular flexibility index (Phi) is 4.39. The van der Waals surface area contributed by atoms with Gasteiger partial charge < -0.3 is 10.4 Å². The van der Waals surface area contributed by atoms with Crippen molar-refractivity contribution < 1.29 is 14.7 Å². The lowest BCUT2D eigenvalue weighted by Crippen LogP contribution is -2.41. The number of nitrogens with one attached hydrogen (secondary N) is 1. The van der Waals surface area contributed by atoms with Gasteiger partial charge in [-0.1, -0.05) is 12.1 Å². The van der Waals surface area contributed by atoms with Crippen LogP contribution in [0.1, 0.15) is 24.0 Å². The molecular weight excluding hydrogens is 256 g/mol. The second-order valence-corrected chi connectivity index (χ2v) is 5.26. The fraction of sp³-hybridized carbons (Fsp3) is 0.467. The van der Waals surface area contributed by atoms with Gasteiger partial charge in [-0.25, -0.2) is 0 Å². The number of anilines is 1. The number of rotatable bonds is 4. The number of nitrogens with zero attached hydrogens (tertiary/aromatic N) is 1. The number of aryl methyl sites for hydroxylation is 1. The molecule has 20 heavy (non-hydrogen) atoms. The Labute approximate surface area is 118 Å². The first-order chi connectivity index (χ1) is 9.49. The normalized spacial score (nSPS) is 19.0. The SMILES string of the molecule is Cc1cccc(NC(=O)CN2CCCC2C(=O)O)c1C. The molecule has 1 unspecified atom stereocenters. The Hall–Kier alpha value is -1.88. The maximum absolute atomic E-state index is 12.1. The van der Waals surface area contributed by atoms with Crippen molar-refractivity contribution in [1.82, 2.24) is 4.90 Å². The summed E-state index contributed by atoms with van der Waals surface area (Å²) in [6.45, 7) is 4.74. The molecule has 1 aliphatic rings. The van der Waals surface area contributed by atoms with E-state index in [1.807, 2.05) is 32.0 Å². The number of carbonyl (C=O) groups is 2. The van der Waals surface area contributed by atoms with E-state index in [2.05, 4.69) is 5.32 Å². The predicted molar refractivity (Wildman–Crippen MR) is 76.8 cm³/mol. The Morgan fingerprint density at radius 2 is 2.15 bits per heavy atom. The summed E-state index contributed by atoms with van der Waals surface area (Å²) in [5.41, 5.74) is 2.95. The lowest BCUT2D eigenvalue weighted by Gasteiger charge is -2.20. The molecule has 1 aliphatic heterocycles. The number of aliphatic carboxylic acids is 1. The van der Waals surface area contributed by atoms with Crippen molar-refractivity contribution in [3.8, 4) is 0 Å². The molecule has 5 nitrogen and oxygen atoms in total. The molecular formula is C15H20N2O3. The van der Waals surface area contributed by atoms with Crippen molar-refractivity contribution in [1.29, 1.82) is 0 Å². The first-order valence-electron chi connectivity index (χ1n) is 6.82. The largest absolute Gasteiger partial charge is 0.480 e. The van der Waals surface area contributed by atoms with Crippen molar-refractivity contribution in [2.75, 3.05) is 18.4 Å². The minimum Gasteiger partial charge on any atom is -0.480 e. The Balaban J connectivity index is 1.99. The lowest BCUT2D eigenvalue weighted by molar-refractivity contribution is -0.142. The summed E-state index contributed by atoms with van der Waals surface area (Å²) < 4.78 is 0. The second-order valence-electron chi connectivity index (χ2n) is 5.26. The average molecular weight is 276 g/mol. The molecule has 5 heteroatoms. The second kappa shape index (κ2) is 6.05. The molecule has 1 amide bonds. The molecule has 0 radical (unpaired) electrons. The van der Waals surface area contributed by atoms with E-state index >= 15 is 0 Å². The summed E-state index contributed by atoms with van der Waals surface area (Å²) >= 11 is 0. The van der Waals surface area contributed by atoms with Gasteiger partial charge in [-0.3, -0.25) is 14.5 Å². The maximum Gasteiger partial charge on any atom is 0.320 e. The number of carboxylic acids is 1. The van der Waals surface area contributed by atoms with Crippen LogP contribution in [-0.2, 0) is 9.59 Å². The predicted octanol–water partition coefficient (Wildman–Crippen LogP) is 1.79. The van der Waals surface area contributed by atoms with E-state index in [1.165, 1.54) is 0 Å². The van der Waals surface area contributed by atoms with Gasteiger partial charge in [-0.05, 0) is 50.4 Å². The summed E-state index contributed by atoms with van der Waals surface area (Å²) in [6, 6.07) is 5.22. The summed E-state index contributed by atoms with van der Waals surface area (Å²) in [5, 5.41) is 12.0. The summed E-state index contributed by atoms with van der Waals surface area (Å²) in [4.78, 5) is 24.9. The van der Waals surface area contributed by atoms with Crippen LogP contribution in [0.2, 0.25) is 0 Å². The minimum absolute atomic E-state index is 0.129. The Bertz CT molecular complexity index is 528. The highest BCUT2D eigenvalue weighted by Crippen LogP contribution is 2.19. The van der Waals surface area contributed by atoms with Gasteiger partial charge in [-0.15, -0.1) is 0 Å². The van der Waals surface area contributed by atoms with Crippen molar-refractivity contribution in [3.63, 3.8) is 0 Å². The van der Waals surface area contributed by atoms with Crippen molar-refractivity contribution in [3.05, 3.63) is 29.3 Å². The van der Waals surface area contributed by atoms with Crippen LogP contribution in [0.15, 0.2) is 18.2 Å². The molecule has 0 aliphatic carbocycles. The zero-order chi connectivity index (χ0) is 14.7. The molecule has 0 aromatic heterocycles. The lowest BCUT2D eigenvalue weighted by atomic mass is 10.1. The maximum atomic E-state index is 12.1. The quantitative estimate of drug-likeness (QED) is 0.879. The van der Waals surface area contributed by atoms with Gasteiger partial charge in [0.2, 0.25) is 5.91 Å². The fourth-order valence-electron chi connectivity index (χ4n) is 2.56. The molecule has 2 rings (SSSR count). The van der Waals surface area contributed by atoms with E-state index < -0.39 is 12.0 Å². The molecule has 1 fully saturated rings. The number of carbonyl (C=O) groups excluding carboxylic acids is 1. The monoisotopic (exact) mass is 276 g/mol. The summed E-state index contributed by atoms with van der Waals surface area (Å²) in [5.74, 6) is -1.01. The number of hydrogen-bond acceptors (Lipinski definition) is 3. The van der Waals surface area contributed by atoms with E-state index in [1.54, 1.807) is 4.90 Å². The van der Waals surface area contributed by atoms with Crippen molar-refractivity contribution in [2.45, 2.75) is 32.7 Å². The highest BCUT2D eigenvalue weighted by atomic mass is 16.4. The molecule has 2 N–H and O–H groups in total. The molecule has 1 heterocycles. The van der Waals surface area contributed by atoms with E-state index in [4.69, 9.17) is 5.11 Å². The van der Waals surface area contributed by atoms with Crippen LogP contribution in [0.5, 0.6) is 0 Å². The third-order valence-electron chi connectivity index (χ3n) is 3.87. The van der Waals surface area contributed by atoms with Crippen LogP contribution >= 0.6 is 0 Å². The molecule has 1 aromatic rings. The zero-order valence-electron chi connectivity index (χ0n) is 11.8. The minimum atomic E-state index is -0.845. The first kappa shape index (κ1) is 14.5. The topological polar surface area (TPSA) is 69.6 Å². The summed E-state index contributed by atoms with van der Waals surface area (Å²) in [7, 11) is 0. The van der Waals surface area contributed by atoms with Crippen LogP contribution in [0, 0.1) is 13.8 Å². The van der Waals surface area contributed by atoms with Crippen LogP contribution in [-0.4, -0.2) is 41.0 Å². The average Bonchev–Trinajstić information content (AvgIpc) is 2.83. The third kappa shape index (κ3) is 3.17. The first-order valence-corrected chi connectivity index (χ1v) is 6.82. The van der Waals surface area contributed by atoms with Gasteiger partial charge in [0.05, 0.1) is 6.54 Å². The molecule has 0 spiro atoms. The highest BCUT2D eigenvalue weighted by molar-refractivity contribution is 5.93. The van der Waals surface area contributed by atoms with E-state index in [9.17, 15) is 9.59 Å². The van der Waals surface area contributed by atoms with Crippen LogP contribution < -0.4 is 5.32 Å². The molecule has 1 saturated heterocycles. The van der Waals surface area contributed by atoms with Gasteiger partial charge in [0, 0.05) is 5.69 Å². The van der Waals surface area contributed by atoms with Crippen LogP contribution in [0.25, 0.3) is 0 Å². The van der Waals surface area contributed by atoms with Gasteiger partial charge in [0.25, 0.3) is 0 Å². The van der Waals surface area contributed by atoms with Crippen molar-refractivity contribution >= 4 is 17.6 Å². The number of carboxylic acid groups (broad SMARTS) is 1. The zero-order valence-corrected chi connectivity index (χ0v) is 11.8.